The summed E-state index contributed by atoms with van der Waals surface area (Å²) in [6.45, 7) is 4.05. The minimum atomic E-state index is 0.160. The third-order valence-corrected chi connectivity index (χ3v) is 4.10. The highest BCUT2D eigenvalue weighted by Gasteiger charge is 2.27. The summed E-state index contributed by atoms with van der Waals surface area (Å²) in [6.07, 6.45) is 0.978. The summed E-state index contributed by atoms with van der Waals surface area (Å²) in [5.41, 5.74) is 5.01. The molecule has 3 nitrogen and oxygen atoms in total. The molecule has 0 atom stereocenters. The van der Waals surface area contributed by atoms with Crippen LogP contribution in [0.5, 0.6) is 0 Å². The highest BCUT2D eigenvalue weighted by atomic mass is 32.1. The Morgan fingerprint density at radius 2 is 2.41 bits per heavy atom. The number of thiophene rings is 1. The molecule has 0 spiro atoms. The first kappa shape index (κ1) is 10.7. The zero-order chi connectivity index (χ0) is 11.8. The molecule has 1 amide bonds. The lowest BCUT2D eigenvalue weighted by Crippen LogP contribution is -2.36. The molecule has 0 fully saturated rings. The molecule has 0 aromatic carbocycles. The van der Waals surface area contributed by atoms with Crippen LogP contribution < -0.4 is 0 Å². The minimum Gasteiger partial charge on any atom is -0.338 e. The molecular weight excluding hydrogens is 232 g/mol. The van der Waals surface area contributed by atoms with Crippen molar-refractivity contribution < 1.29 is 4.79 Å². The summed E-state index contributed by atoms with van der Waals surface area (Å²) >= 11 is 1.69. The Morgan fingerprint density at radius 1 is 1.53 bits per heavy atom. The summed E-state index contributed by atoms with van der Waals surface area (Å²) in [7, 11) is 0. The molecule has 2 aliphatic rings. The van der Waals surface area contributed by atoms with Crippen LogP contribution in [0.2, 0.25) is 0 Å². The number of amides is 1. The van der Waals surface area contributed by atoms with Crippen LogP contribution >= 0.6 is 11.3 Å². The van der Waals surface area contributed by atoms with E-state index in [0.717, 1.165) is 31.8 Å². The van der Waals surface area contributed by atoms with Crippen LogP contribution in [-0.4, -0.2) is 36.2 Å². The largest absolute Gasteiger partial charge is 0.338 e. The van der Waals surface area contributed by atoms with E-state index < -0.39 is 0 Å². The molecule has 0 N–H and O–H groups in total. The monoisotopic (exact) mass is 246 g/mol. The first-order chi connectivity index (χ1) is 8.25. The molecule has 3 heterocycles. The van der Waals surface area contributed by atoms with Gasteiger partial charge in [0.25, 0.3) is 0 Å². The number of aliphatic imine (C=N–C) groups is 1. The maximum atomic E-state index is 11.4. The predicted molar refractivity (Wildman–Crippen MR) is 69.6 cm³/mol. The fraction of sp³-hybridized carbons (Fsp3) is 0.385. The first-order valence-corrected chi connectivity index (χ1v) is 6.74. The lowest BCUT2D eigenvalue weighted by molar-refractivity contribution is -0.128. The van der Waals surface area contributed by atoms with Gasteiger partial charge < -0.3 is 4.90 Å². The number of nitrogens with zero attached hydrogens (tertiary/aromatic N) is 2. The quantitative estimate of drug-likeness (QED) is 0.747. The molecule has 3 rings (SSSR count). The molecule has 0 bridgehead atoms. The van der Waals surface area contributed by atoms with E-state index in [1.165, 1.54) is 16.7 Å². The zero-order valence-corrected chi connectivity index (χ0v) is 10.6. The molecular formula is C13H14N2OS. The number of hydrogen-bond acceptors (Lipinski definition) is 3. The van der Waals surface area contributed by atoms with Crippen LogP contribution in [0.4, 0.5) is 0 Å². The van der Waals surface area contributed by atoms with Gasteiger partial charge in [0.1, 0.15) is 0 Å². The summed E-state index contributed by atoms with van der Waals surface area (Å²) < 4.78 is 0. The zero-order valence-electron chi connectivity index (χ0n) is 9.77. The molecule has 4 heteroatoms. The Balaban J connectivity index is 1.90. The average Bonchev–Trinajstić information content (AvgIpc) is 2.96. The van der Waals surface area contributed by atoms with E-state index in [0.29, 0.717) is 0 Å². The molecule has 0 aliphatic carbocycles. The lowest BCUT2D eigenvalue weighted by Gasteiger charge is -2.27. The summed E-state index contributed by atoms with van der Waals surface area (Å²) in [5, 5.41) is 4.20. The van der Waals surface area contributed by atoms with Crippen LogP contribution in [0.3, 0.4) is 0 Å². The van der Waals surface area contributed by atoms with Gasteiger partial charge in [0, 0.05) is 31.0 Å². The SMILES string of the molecule is CC(=O)N1CCC2=C(C1)C(c1ccsc1)=NC2. The molecule has 0 unspecified atom stereocenters. The van der Waals surface area contributed by atoms with Crippen molar-refractivity contribution in [2.75, 3.05) is 19.6 Å². The number of carbonyl (C=O) groups excluding carboxylic acids is 1. The van der Waals surface area contributed by atoms with E-state index in [1.54, 1.807) is 18.3 Å². The maximum absolute atomic E-state index is 11.4. The molecule has 0 radical (unpaired) electrons. The first-order valence-electron chi connectivity index (χ1n) is 5.79. The standard InChI is InChI=1S/C13H14N2OS/c1-9(16)15-4-2-10-6-14-13(12(10)7-15)11-3-5-17-8-11/h3,5,8H,2,4,6-7H2,1H3. The van der Waals surface area contributed by atoms with Crippen LogP contribution in [-0.2, 0) is 4.79 Å². The van der Waals surface area contributed by atoms with Gasteiger partial charge in [-0.25, -0.2) is 0 Å². The second-order valence-corrected chi connectivity index (χ2v) is 5.23. The van der Waals surface area contributed by atoms with Crippen LogP contribution in [0.1, 0.15) is 18.9 Å². The van der Waals surface area contributed by atoms with Gasteiger partial charge in [-0.05, 0) is 29.0 Å². The molecule has 1 aromatic heterocycles. The Morgan fingerprint density at radius 3 is 3.12 bits per heavy atom. The third kappa shape index (κ3) is 1.82. The molecule has 2 aliphatic heterocycles. The molecule has 0 saturated carbocycles. The summed E-state index contributed by atoms with van der Waals surface area (Å²) in [4.78, 5) is 18.0. The average molecular weight is 246 g/mol. The molecule has 88 valence electrons. The van der Waals surface area contributed by atoms with Crippen LogP contribution in [0.25, 0.3) is 0 Å². The van der Waals surface area contributed by atoms with Gasteiger partial charge >= 0.3 is 0 Å². The number of hydrogen-bond donors (Lipinski definition) is 0. The van der Waals surface area contributed by atoms with Crippen molar-refractivity contribution in [1.29, 1.82) is 0 Å². The number of carbonyl (C=O) groups is 1. The lowest BCUT2D eigenvalue weighted by atomic mass is 9.96. The fourth-order valence-electron chi connectivity index (χ4n) is 2.42. The maximum Gasteiger partial charge on any atom is 0.219 e. The highest BCUT2D eigenvalue weighted by Crippen LogP contribution is 2.28. The van der Waals surface area contributed by atoms with E-state index in [1.807, 2.05) is 4.90 Å². The normalized spacial score (nSPS) is 19.4. The van der Waals surface area contributed by atoms with Gasteiger partial charge in [-0.2, -0.15) is 11.3 Å². The second kappa shape index (κ2) is 4.11. The van der Waals surface area contributed by atoms with Crippen molar-refractivity contribution in [3.63, 3.8) is 0 Å². The van der Waals surface area contributed by atoms with E-state index >= 15 is 0 Å². The topological polar surface area (TPSA) is 32.7 Å². The Labute approximate surface area is 104 Å². The van der Waals surface area contributed by atoms with Crippen molar-refractivity contribution in [3.8, 4) is 0 Å². The van der Waals surface area contributed by atoms with Crippen LogP contribution in [0, 0.1) is 0 Å². The van der Waals surface area contributed by atoms with Crippen molar-refractivity contribution in [3.05, 3.63) is 33.5 Å². The molecule has 0 saturated heterocycles. The second-order valence-electron chi connectivity index (χ2n) is 4.45. The van der Waals surface area contributed by atoms with Crippen molar-refractivity contribution in [2.24, 2.45) is 4.99 Å². The van der Waals surface area contributed by atoms with Gasteiger partial charge in [-0.3, -0.25) is 9.79 Å². The van der Waals surface area contributed by atoms with E-state index in [9.17, 15) is 4.79 Å². The Bertz CT molecular complexity index is 514. The third-order valence-electron chi connectivity index (χ3n) is 3.41. The minimum absolute atomic E-state index is 0.160. The Hall–Kier alpha value is -1.42. The van der Waals surface area contributed by atoms with Gasteiger partial charge in [0.15, 0.2) is 0 Å². The van der Waals surface area contributed by atoms with Crippen molar-refractivity contribution >= 4 is 23.0 Å². The van der Waals surface area contributed by atoms with Gasteiger partial charge in [-0.1, -0.05) is 0 Å². The van der Waals surface area contributed by atoms with Crippen molar-refractivity contribution in [1.82, 2.24) is 4.90 Å². The van der Waals surface area contributed by atoms with Gasteiger partial charge in [0.2, 0.25) is 5.91 Å². The molecule has 17 heavy (non-hydrogen) atoms. The smallest absolute Gasteiger partial charge is 0.219 e. The Kier molecular flexibility index (Phi) is 2.59. The number of rotatable bonds is 1. The van der Waals surface area contributed by atoms with Crippen LogP contribution in [0.15, 0.2) is 33.0 Å². The van der Waals surface area contributed by atoms with E-state index in [2.05, 4.69) is 21.8 Å². The van der Waals surface area contributed by atoms with E-state index in [-0.39, 0.29) is 5.91 Å². The van der Waals surface area contributed by atoms with Gasteiger partial charge in [0.05, 0.1) is 12.3 Å². The highest BCUT2D eigenvalue weighted by molar-refractivity contribution is 7.08. The fourth-order valence-corrected chi connectivity index (χ4v) is 3.06. The summed E-state index contributed by atoms with van der Waals surface area (Å²) in [5.74, 6) is 0.160. The molecule has 1 aromatic rings. The van der Waals surface area contributed by atoms with Crippen molar-refractivity contribution in [2.45, 2.75) is 13.3 Å². The summed E-state index contributed by atoms with van der Waals surface area (Å²) in [6, 6.07) is 2.10. The van der Waals surface area contributed by atoms with Gasteiger partial charge in [-0.15, -0.1) is 0 Å². The predicted octanol–water partition coefficient (Wildman–Crippen LogP) is 2.10. The van der Waals surface area contributed by atoms with E-state index in [4.69, 9.17) is 0 Å².